The normalized spacial score (nSPS) is 10.7. The van der Waals surface area contributed by atoms with E-state index in [1.54, 1.807) is 0 Å². The number of ether oxygens (including phenoxy) is 1. The Balaban J connectivity index is 1.95. The maximum absolute atomic E-state index is 5.64. The largest absolute Gasteiger partial charge is 0.491 e. The van der Waals surface area contributed by atoms with Gasteiger partial charge in [0, 0.05) is 16.7 Å². The molecule has 0 spiro atoms. The third-order valence-electron chi connectivity index (χ3n) is 2.95. The molecule has 0 aromatic heterocycles. The second-order valence-corrected chi connectivity index (χ2v) is 5.98. The van der Waals surface area contributed by atoms with Crippen LogP contribution in [-0.2, 0) is 6.54 Å². The molecular weight excluding hydrogens is 314 g/mol. The molecule has 0 unspecified atom stereocenters. The number of aryl methyl sites for hydroxylation is 1. The van der Waals surface area contributed by atoms with Crippen LogP contribution in [0.4, 0.5) is 5.69 Å². The summed E-state index contributed by atoms with van der Waals surface area (Å²) in [6.45, 7) is 6.97. The van der Waals surface area contributed by atoms with Crippen LogP contribution in [-0.4, -0.2) is 6.10 Å². The highest BCUT2D eigenvalue weighted by Gasteiger charge is 2.00. The van der Waals surface area contributed by atoms with Gasteiger partial charge in [0.15, 0.2) is 0 Å². The molecule has 0 fully saturated rings. The average Bonchev–Trinajstić information content (AvgIpc) is 2.41. The molecule has 0 atom stereocenters. The molecule has 0 radical (unpaired) electrons. The predicted molar refractivity (Wildman–Crippen MR) is 88.4 cm³/mol. The molecule has 0 aliphatic rings. The van der Waals surface area contributed by atoms with Crippen molar-refractivity contribution in [1.82, 2.24) is 0 Å². The highest BCUT2D eigenvalue weighted by Crippen LogP contribution is 2.21. The monoisotopic (exact) mass is 333 g/mol. The van der Waals surface area contributed by atoms with Crippen molar-refractivity contribution in [2.45, 2.75) is 33.4 Å². The molecule has 1 N–H and O–H groups in total. The maximum atomic E-state index is 5.64. The molecule has 0 bridgehead atoms. The fourth-order valence-electron chi connectivity index (χ4n) is 1.92. The summed E-state index contributed by atoms with van der Waals surface area (Å²) < 4.78 is 6.77. The van der Waals surface area contributed by atoms with Crippen molar-refractivity contribution >= 4 is 21.6 Å². The van der Waals surface area contributed by atoms with Crippen molar-refractivity contribution in [3.8, 4) is 5.75 Å². The van der Waals surface area contributed by atoms with Gasteiger partial charge >= 0.3 is 0 Å². The first-order chi connectivity index (χ1) is 9.54. The highest BCUT2D eigenvalue weighted by atomic mass is 79.9. The van der Waals surface area contributed by atoms with E-state index in [1.807, 2.05) is 26.0 Å². The van der Waals surface area contributed by atoms with Gasteiger partial charge in [-0.15, -0.1) is 0 Å². The summed E-state index contributed by atoms with van der Waals surface area (Å²) >= 11 is 3.51. The van der Waals surface area contributed by atoms with Crippen molar-refractivity contribution in [1.29, 1.82) is 0 Å². The Bertz CT molecular complexity index is 564. The molecule has 106 valence electrons. The quantitative estimate of drug-likeness (QED) is 0.816. The van der Waals surface area contributed by atoms with E-state index in [0.29, 0.717) is 0 Å². The number of anilines is 1. The summed E-state index contributed by atoms with van der Waals surface area (Å²) in [7, 11) is 0. The topological polar surface area (TPSA) is 21.3 Å². The Hall–Kier alpha value is -1.48. The summed E-state index contributed by atoms with van der Waals surface area (Å²) in [6.07, 6.45) is 0.213. The zero-order valence-electron chi connectivity index (χ0n) is 12.1. The molecule has 0 aliphatic carbocycles. The van der Waals surface area contributed by atoms with Gasteiger partial charge in [0.2, 0.25) is 0 Å². The number of benzene rings is 2. The van der Waals surface area contributed by atoms with E-state index >= 15 is 0 Å². The number of halogens is 1. The van der Waals surface area contributed by atoms with Gasteiger partial charge in [-0.05, 0) is 62.2 Å². The van der Waals surface area contributed by atoms with Crippen molar-refractivity contribution in [3.05, 3.63) is 58.1 Å². The van der Waals surface area contributed by atoms with Crippen LogP contribution in [0.2, 0.25) is 0 Å². The molecule has 20 heavy (non-hydrogen) atoms. The van der Waals surface area contributed by atoms with E-state index in [-0.39, 0.29) is 6.10 Å². The molecule has 3 heteroatoms. The van der Waals surface area contributed by atoms with Crippen molar-refractivity contribution in [2.75, 3.05) is 5.32 Å². The Morgan fingerprint density at radius 2 is 1.80 bits per heavy atom. The van der Waals surface area contributed by atoms with Crippen molar-refractivity contribution in [2.24, 2.45) is 0 Å². The van der Waals surface area contributed by atoms with Gasteiger partial charge in [-0.2, -0.15) is 0 Å². The van der Waals surface area contributed by atoms with E-state index in [9.17, 15) is 0 Å². The van der Waals surface area contributed by atoms with Crippen LogP contribution >= 0.6 is 15.9 Å². The van der Waals surface area contributed by atoms with E-state index in [1.165, 1.54) is 11.1 Å². The minimum Gasteiger partial charge on any atom is -0.491 e. The smallest absolute Gasteiger partial charge is 0.119 e. The number of nitrogens with one attached hydrogen (secondary N) is 1. The van der Waals surface area contributed by atoms with Crippen LogP contribution in [0.5, 0.6) is 5.75 Å². The number of hydrogen-bond donors (Lipinski definition) is 1. The lowest BCUT2D eigenvalue weighted by Crippen LogP contribution is -2.05. The van der Waals surface area contributed by atoms with Crippen LogP contribution in [0.1, 0.15) is 25.0 Å². The maximum Gasteiger partial charge on any atom is 0.119 e. The fourth-order valence-corrected chi connectivity index (χ4v) is 2.16. The first-order valence-corrected chi connectivity index (χ1v) is 7.59. The lowest BCUT2D eigenvalue weighted by Gasteiger charge is -2.11. The minimum atomic E-state index is 0.213. The predicted octanol–water partition coefficient (Wildman–Crippen LogP) is 5.16. The van der Waals surface area contributed by atoms with E-state index in [2.05, 4.69) is 58.5 Å². The second-order valence-electron chi connectivity index (χ2n) is 5.13. The van der Waals surface area contributed by atoms with E-state index in [4.69, 9.17) is 4.74 Å². The van der Waals surface area contributed by atoms with Crippen LogP contribution in [0.15, 0.2) is 46.9 Å². The molecule has 2 rings (SSSR count). The molecule has 0 saturated heterocycles. The number of rotatable bonds is 5. The van der Waals surface area contributed by atoms with Crippen LogP contribution in [0.3, 0.4) is 0 Å². The minimum absolute atomic E-state index is 0.213. The average molecular weight is 334 g/mol. The molecule has 0 aliphatic heterocycles. The van der Waals surface area contributed by atoms with Crippen LogP contribution in [0, 0.1) is 6.92 Å². The summed E-state index contributed by atoms with van der Waals surface area (Å²) in [6, 6.07) is 14.5. The van der Waals surface area contributed by atoms with Gasteiger partial charge in [-0.25, -0.2) is 0 Å². The first-order valence-electron chi connectivity index (χ1n) is 6.80. The summed E-state index contributed by atoms with van der Waals surface area (Å²) in [5.74, 6) is 0.920. The second kappa shape index (κ2) is 6.80. The SMILES string of the molecule is Cc1cc(NCc2ccc(OC(C)C)cc2)ccc1Br. The molecule has 0 heterocycles. The summed E-state index contributed by atoms with van der Waals surface area (Å²) in [5.41, 5.74) is 3.60. The van der Waals surface area contributed by atoms with Crippen LogP contribution < -0.4 is 10.1 Å². The lowest BCUT2D eigenvalue weighted by atomic mass is 10.2. The summed E-state index contributed by atoms with van der Waals surface area (Å²) in [5, 5.41) is 3.43. The molecule has 2 aromatic carbocycles. The van der Waals surface area contributed by atoms with Gasteiger partial charge in [0.05, 0.1) is 6.10 Å². The highest BCUT2D eigenvalue weighted by molar-refractivity contribution is 9.10. The Morgan fingerprint density at radius 1 is 1.10 bits per heavy atom. The molecule has 2 nitrogen and oxygen atoms in total. The molecular formula is C17H20BrNO. The third kappa shape index (κ3) is 4.27. The molecule has 0 saturated carbocycles. The first kappa shape index (κ1) is 14.9. The van der Waals surface area contributed by atoms with E-state index < -0.39 is 0 Å². The molecule has 2 aromatic rings. The zero-order valence-corrected chi connectivity index (χ0v) is 13.7. The van der Waals surface area contributed by atoms with Gasteiger partial charge in [0.1, 0.15) is 5.75 Å². The van der Waals surface area contributed by atoms with Crippen molar-refractivity contribution in [3.63, 3.8) is 0 Å². The van der Waals surface area contributed by atoms with Crippen LogP contribution in [0.25, 0.3) is 0 Å². The van der Waals surface area contributed by atoms with Gasteiger partial charge in [0.25, 0.3) is 0 Å². The standard InChI is InChI=1S/C17H20BrNO/c1-12(2)20-16-7-4-14(5-8-16)11-19-15-6-9-17(18)13(3)10-15/h4-10,12,19H,11H2,1-3H3. The van der Waals surface area contributed by atoms with Crippen molar-refractivity contribution < 1.29 is 4.74 Å². The van der Waals surface area contributed by atoms with Gasteiger partial charge < -0.3 is 10.1 Å². The Labute approximate surface area is 129 Å². The van der Waals surface area contributed by atoms with E-state index in [0.717, 1.165) is 22.5 Å². The fraction of sp³-hybridized carbons (Fsp3) is 0.294. The molecule has 0 amide bonds. The third-order valence-corrected chi connectivity index (χ3v) is 3.84. The Morgan fingerprint density at radius 3 is 2.40 bits per heavy atom. The lowest BCUT2D eigenvalue weighted by molar-refractivity contribution is 0.242. The van der Waals surface area contributed by atoms with Gasteiger partial charge in [-0.3, -0.25) is 0 Å². The van der Waals surface area contributed by atoms with Gasteiger partial charge in [-0.1, -0.05) is 28.1 Å². The number of hydrogen-bond acceptors (Lipinski definition) is 2. The zero-order chi connectivity index (χ0) is 14.5. The Kier molecular flexibility index (Phi) is 5.07. The summed E-state index contributed by atoms with van der Waals surface area (Å²) in [4.78, 5) is 0.